The summed E-state index contributed by atoms with van der Waals surface area (Å²) in [6.07, 6.45) is 6.90. The molecule has 0 bridgehead atoms. The normalized spacial score (nSPS) is 10.4. The van der Waals surface area contributed by atoms with Crippen molar-refractivity contribution in [3.05, 3.63) is 34.9 Å². The van der Waals surface area contributed by atoms with Crippen molar-refractivity contribution in [3.8, 4) is 11.5 Å². The summed E-state index contributed by atoms with van der Waals surface area (Å²) in [6, 6.07) is 3.52. The molecule has 0 saturated heterocycles. The Balaban J connectivity index is 2.88. The quantitative estimate of drug-likeness (QED) is 0.580. The lowest BCUT2D eigenvalue weighted by Crippen LogP contribution is -1.92. The lowest BCUT2D eigenvalue weighted by molar-refractivity contribution is 0.435. The first-order valence-corrected chi connectivity index (χ1v) is 6.72. The molecule has 0 atom stereocenters. The first kappa shape index (κ1) is 14.6. The van der Waals surface area contributed by atoms with Gasteiger partial charge in [-0.05, 0) is 44.7 Å². The van der Waals surface area contributed by atoms with Crippen molar-refractivity contribution in [1.82, 2.24) is 0 Å². The lowest BCUT2D eigenvalue weighted by atomic mass is 10.00. The van der Waals surface area contributed by atoms with Gasteiger partial charge < -0.3 is 10.2 Å². The summed E-state index contributed by atoms with van der Waals surface area (Å²) in [7, 11) is 0. The summed E-state index contributed by atoms with van der Waals surface area (Å²) in [5.41, 5.74) is 2.77. The molecule has 0 aliphatic rings. The van der Waals surface area contributed by atoms with Gasteiger partial charge in [0.25, 0.3) is 0 Å². The van der Waals surface area contributed by atoms with Gasteiger partial charge in [0.15, 0.2) is 0 Å². The molecule has 0 radical (unpaired) electrons. The van der Waals surface area contributed by atoms with Gasteiger partial charge in [-0.3, -0.25) is 0 Å². The maximum absolute atomic E-state index is 10.2. The van der Waals surface area contributed by atoms with E-state index < -0.39 is 0 Å². The summed E-state index contributed by atoms with van der Waals surface area (Å²) in [5.74, 6) is 0.452. The van der Waals surface area contributed by atoms with Crippen molar-refractivity contribution in [1.29, 1.82) is 0 Å². The van der Waals surface area contributed by atoms with Gasteiger partial charge in [0, 0.05) is 5.56 Å². The standard InChI is InChI=1S/C16H24O2/c1-4-5-6-7-13-9-11-15(17)14(16(13)18)10-8-12(2)3/h8-9,11,17-18H,4-7,10H2,1-3H3. The van der Waals surface area contributed by atoms with Gasteiger partial charge in [-0.1, -0.05) is 37.5 Å². The number of rotatable bonds is 6. The Hall–Kier alpha value is -1.44. The number of aryl methyl sites for hydroxylation is 1. The number of unbranched alkanes of at least 4 members (excludes halogenated alkanes) is 2. The monoisotopic (exact) mass is 248 g/mol. The van der Waals surface area contributed by atoms with E-state index in [4.69, 9.17) is 0 Å². The van der Waals surface area contributed by atoms with Gasteiger partial charge in [-0.2, -0.15) is 0 Å². The molecule has 1 aromatic carbocycles. The minimum atomic E-state index is 0.184. The van der Waals surface area contributed by atoms with Crippen molar-refractivity contribution >= 4 is 0 Å². The summed E-state index contributed by atoms with van der Waals surface area (Å²) in [4.78, 5) is 0. The maximum Gasteiger partial charge on any atom is 0.125 e. The highest BCUT2D eigenvalue weighted by Crippen LogP contribution is 2.32. The molecule has 0 aliphatic carbocycles. The number of allylic oxidation sites excluding steroid dienone is 2. The first-order chi connectivity index (χ1) is 8.56. The molecule has 0 spiro atoms. The number of hydrogen-bond donors (Lipinski definition) is 2. The zero-order chi connectivity index (χ0) is 13.5. The number of benzene rings is 1. The second-order valence-electron chi connectivity index (χ2n) is 5.01. The van der Waals surface area contributed by atoms with Gasteiger partial charge in [-0.15, -0.1) is 0 Å². The Morgan fingerprint density at radius 1 is 1.17 bits per heavy atom. The third-order valence-electron chi connectivity index (χ3n) is 3.11. The largest absolute Gasteiger partial charge is 0.508 e. The number of aromatic hydroxyl groups is 2. The molecule has 0 saturated carbocycles. The maximum atomic E-state index is 10.2. The highest BCUT2D eigenvalue weighted by molar-refractivity contribution is 5.49. The van der Waals surface area contributed by atoms with Crippen LogP contribution in [0.25, 0.3) is 0 Å². The van der Waals surface area contributed by atoms with Crippen LogP contribution >= 0.6 is 0 Å². The van der Waals surface area contributed by atoms with Crippen molar-refractivity contribution in [2.75, 3.05) is 0 Å². The van der Waals surface area contributed by atoms with Gasteiger partial charge in [0.1, 0.15) is 11.5 Å². The van der Waals surface area contributed by atoms with Crippen molar-refractivity contribution in [3.63, 3.8) is 0 Å². The van der Waals surface area contributed by atoms with Crippen LogP contribution in [0.4, 0.5) is 0 Å². The molecule has 0 aliphatic heterocycles. The molecular weight excluding hydrogens is 224 g/mol. The predicted molar refractivity (Wildman–Crippen MR) is 76.1 cm³/mol. The van der Waals surface area contributed by atoms with E-state index in [2.05, 4.69) is 6.92 Å². The molecule has 0 unspecified atom stereocenters. The van der Waals surface area contributed by atoms with Crippen LogP contribution in [0.2, 0.25) is 0 Å². The fraction of sp³-hybridized carbons (Fsp3) is 0.500. The molecule has 100 valence electrons. The summed E-state index contributed by atoms with van der Waals surface area (Å²) < 4.78 is 0. The third kappa shape index (κ3) is 4.10. The van der Waals surface area contributed by atoms with E-state index in [9.17, 15) is 10.2 Å². The van der Waals surface area contributed by atoms with Crippen LogP contribution in [-0.4, -0.2) is 10.2 Å². The van der Waals surface area contributed by atoms with Gasteiger partial charge in [-0.25, -0.2) is 0 Å². The SMILES string of the molecule is CCCCCc1ccc(O)c(CC=C(C)C)c1O. The fourth-order valence-electron chi connectivity index (χ4n) is 1.95. The molecule has 0 amide bonds. The van der Waals surface area contributed by atoms with Crippen LogP contribution in [0.5, 0.6) is 11.5 Å². The zero-order valence-electron chi connectivity index (χ0n) is 11.7. The molecule has 1 aromatic rings. The van der Waals surface area contributed by atoms with Gasteiger partial charge >= 0.3 is 0 Å². The Morgan fingerprint density at radius 3 is 2.50 bits per heavy atom. The van der Waals surface area contributed by atoms with Crippen LogP contribution in [0.1, 0.15) is 51.2 Å². The highest BCUT2D eigenvalue weighted by atomic mass is 16.3. The van der Waals surface area contributed by atoms with Crippen molar-refractivity contribution in [2.45, 2.75) is 52.9 Å². The van der Waals surface area contributed by atoms with E-state index in [1.165, 1.54) is 18.4 Å². The Labute approximate surface area is 110 Å². The number of phenolic OH excluding ortho intramolecular Hbond substituents is 2. The fourth-order valence-corrected chi connectivity index (χ4v) is 1.95. The van der Waals surface area contributed by atoms with Gasteiger partial charge in [0.05, 0.1) is 0 Å². The lowest BCUT2D eigenvalue weighted by Gasteiger charge is -2.10. The summed E-state index contributed by atoms with van der Waals surface area (Å²) in [5, 5.41) is 20.0. The van der Waals surface area contributed by atoms with E-state index >= 15 is 0 Å². The average Bonchev–Trinajstić information content (AvgIpc) is 2.32. The minimum Gasteiger partial charge on any atom is -0.508 e. The number of phenols is 2. The Kier molecular flexibility index (Phi) is 5.76. The summed E-state index contributed by atoms with van der Waals surface area (Å²) in [6.45, 7) is 6.19. The van der Waals surface area contributed by atoms with Crippen LogP contribution in [0.3, 0.4) is 0 Å². The molecular formula is C16H24O2. The molecule has 2 heteroatoms. The molecule has 2 nitrogen and oxygen atoms in total. The second-order valence-corrected chi connectivity index (χ2v) is 5.01. The van der Waals surface area contributed by atoms with E-state index in [0.29, 0.717) is 12.0 Å². The Bertz CT molecular complexity index is 415. The molecule has 18 heavy (non-hydrogen) atoms. The molecule has 0 heterocycles. The van der Waals surface area contributed by atoms with Crippen LogP contribution in [0, 0.1) is 0 Å². The average molecular weight is 248 g/mol. The number of hydrogen-bond acceptors (Lipinski definition) is 2. The Morgan fingerprint density at radius 2 is 1.89 bits per heavy atom. The topological polar surface area (TPSA) is 40.5 Å². The zero-order valence-corrected chi connectivity index (χ0v) is 11.7. The van der Waals surface area contributed by atoms with Crippen molar-refractivity contribution in [2.24, 2.45) is 0 Å². The molecule has 2 N–H and O–H groups in total. The smallest absolute Gasteiger partial charge is 0.125 e. The van der Waals surface area contributed by atoms with E-state index in [1.807, 2.05) is 26.0 Å². The summed E-state index contributed by atoms with van der Waals surface area (Å²) >= 11 is 0. The van der Waals surface area contributed by atoms with Crippen LogP contribution in [-0.2, 0) is 12.8 Å². The van der Waals surface area contributed by atoms with E-state index in [-0.39, 0.29) is 11.5 Å². The molecule has 0 aromatic heterocycles. The van der Waals surface area contributed by atoms with E-state index in [1.54, 1.807) is 6.07 Å². The van der Waals surface area contributed by atoms with Crippen LogP contribution in [0.15, 0.2) is 23.8 Å². The predicted octanol–water partition coefficient (Wildman–Crippen LogP) is 4.34. The van der Waals surface area contributed by atoms with Crippen molar-refractivity contribution < 1.29 is 10.2 Å². The second kappa shape index (κ2) is 7.10. The molecule has 1 rings (SSSR count). The van der Waals surface area contributed by atoms with Gasteiger partial charge in [0.2, 0.25) is 0 Å². The van der Waals surface area contributed by atoms with E-state index in [0.717, 1.165) is 18.4 Å². The first-order valence-electron chi connectivity index (χ1n) is 6.72. The third-order valence-corrected chi connectivity index (χ3v) is 3.11. The van der Waals surface area contributed by atoms with Crippen LogP contribution < -0.4 is 0 Å². The highest BCUT2D eigenvalue weighted by Gasteiger charge is 2.10. The molecule has 0 fully saturated rings. The minimum absolute atomic E-state index is 0.184.